The molecule has 2 heteroatoms. The second-order valence-electron chi connectivity index (χ2n) is 5.39. The molecule has 1 aliphatic heterocycles. The Morgan fingerprint density at radius 1 is 1.41 bits per heavy atom. The van der Waals surface area contributed by atoms with E-state index in [0.717, 1.165) is 19.3 Å². The van der Waals surface area contributed by atoms with E-state index in [1.165, 1.54) is 11.3 Å². The molecule has 2 nitrogen and oxygen atoms in total. The molecule has 1 aliphatic rings. The first-order valence-corrected chi connectivity index (χ1v) is 6.64. The van der Waals surface area contributed by atoms with Crippen molar-refractivity contribution < 1.29 is 5.11 Å². The van der Waals surface area contributed by atoms with Gasteiger partial charge in [-0.15, -0.1) is 0 Å². The fourth-order valence-electron chi connectivity index (χ4n) is 2.87. The molecule has 2 unspecified atom stereocenters. The second kappa shape index (κ2) is 4.69. The fourth-order valence-corrected chi connectivity index (χ4v) is 2.87. The molecule has 0 amide bonds. The molecule has 0 aliphatic carbocycles. The molecule has 0 fully saturated rings. The van der Waals surface area contributed by atoms with Crippen LogP contribution in [0.15, 0.2) is 24.3 Å². The van der Waals surface area contributed by atoms with Gasteiger partial charge in [0.25, 0.3) is 0 Å². The van der Waals surface area contributed by atoms with E-state index < -0.39 is 5.60 Å². The van der Waals surface area contributed by atoms with Crippen molar-refractivity contribution >= 4 is 5.69 Å². The van der Waals surface area contributed by atoms with Gasteiger partial charge in [0, 0.05) is 5.69 Å². The number of para-hydroxylation sites is 1. The Labute approximate surface area is 104 Å². The maximum Gasteiger partial charge on any atom is 0.0867 e. The molecule has 2 rings (SSSR count). The number of anilines is 1. The summed E-state index contributed by atoms with van der Waals surface area (Å²) in [5.74, 6) is 0.273. The molecule has 0 aromatic heterocycles. The average molecular weight is 233 g/mol. The lowest BCUT2D eigenvalue weighted by atomic mass is 9.77. The highest BCUT2D eigenvalue weighted by molar-refractivity contribution is 5.54. The monoisotopic (exact) mass is 233 g/mol. The normalized spacial score (nSPS) is 22.8. The Morgan fingerprint density at radius 2 is 2.12 bits per heavy atom. The summed E-state index contributed by atoms with van der Waals surface area (Å²) < 4.78 is 0. The zero-order chi connectivity index (χ0) is 12.5. The first kappa shape index (κ1) is 12.4. The van der Waals surface area contributed by atoms with Crippen molar-refractivity contribution in [2.24, 2.45) is 5.92 Å². The molecule has 17 heavy (non-hydrogen) atoms. The lowest BCUT2D eigenvalue weighted by Crippen LogP contribution is -2.51. The van der Waals surface area contributed by atoms with Crippen LogP contribution in [0.3, 0.4) is 0 Å². The zero-order valence-electron chi connectivity index (χ0n) is 11.0. The molecule has 94 valence electrons. The molecular weight excluding hydrogens is 210 g/mol. The van der Waals surface area contributed by atoms with Crippen molar-refractivity contribution in [2.45, 2.75) is 51.7 Å². The lowest BCUT2D eigenvalue weighted by Gasteiger charge is -2.42. The van der Waals surface area contributed by atoms with Gasteiger partial charge >= 0.3 is 0 Å². The predicted molar refractivity (Wildman–Crippen MR) is 72.3 cm³/mol. The van der Waals surface area contributed by atoms with Gasteiger partial charge in [-0.25, -0.2) is 0 Å². The summed E-state index contributed by atoms with van der Waals surface area (Å²) in [6.45, 7) is 6.28. The van der Waals surface area contributed by atoms with E-state index in [-0.39, 0.29) is 12.0 Å². The Hall–Kier alpha value is -1.02. The van der Waals surface area contributed by atoms with Crippen molar-refractivity contribution in [3.63, 3.8) is 0 Å². The maximum absolute atomic E-state index is 10.8. The number of hydrogen-bond acceptors (Lipinski definition) is 2. The van der Waals surface area contributed by atoms with Crippen LogP contribution in [-0.2, 0) is 6.42 Å². The Balaban J connectivity index is 2.22. The third-order valence-electron chi connectivity index (χ3n) is 4.22. The van der Waals surface area contributed by atoms with Gasteiger partial charge in [-0.2, -0.15) is 0 Å². The van der Waals surface area contributed by atoms with Crippen LogP contribution in [0.25, 0.3) is 0 Å². The highest BCUT2D eigenvalue weighted by atomic mass is 16.3. The van der Waals surface area contributed by atoms with Crippen molar-refractivity contribution in [3.8, 4) is 0 Å². The fraction of sp³-hybridized carbons (Fsp3) is 0.600. The Kier molecular flexibility index (Phi) is 3.43. The SMILES string of the molecule is CCC(O)(C(C)C)C1CCc2ccccc2N1. The van der Waals surface area contributed by atoms with E-state index in [1.54, 1.807) is 0 Å². The summed E-state index contributed by atoms with van der Waals surface area (Å²) in [5, 5.41) is 14.3. The van der Waals surface area contributed by atoms with Gasteiger partial charge in [-0.3, -0.25) is 0 Å². The van der Waals surface area contributed by atoms with Crippen LogP contribution in [0.5, 0.6) is 0 Å². The van der Waals surface area contributed by atoms with Crippen LogP contribution in [0, 0.1) is 5.92 Å². The third kappa shape index (κ3) is 2.19. The quantitative estimate of drug-likeness (QED) is 0.840. The molecule has 0 saturated heterocycles. The van der Waals surface area contributed by atoms with E-state index in [4.69, 9.17) is 0 Å². The summed E-state index contributed by atoms with van der Waals surface area (Å²) in [6.07, 6.45) is 2.87. The van der Waals surface area contributed by atoms with Gasteiger partial charge in [0.05, 0.1) is 11.6 Å². The van der Waals surface area contributed by atoms with Crippen molar-refractivity contribution in [2.75, 3.05) is 5.32 Å². The molecule has 2 atom stereocenters. The van der Waals surface area contributed by atoms with Crippen LogP contribution in [0.4, 0.5) is 5.69 Å². The van der Waals surface area contributed by atoms with Gasteiger partial charge in [0.15, 0.2) is 0 Å². The minimum atomic E-state index is -0.604. The number of rotatable bonds is 3. The highest BCUT2D eigenvalue weighted by Gasteiger charge is 2.39. The predicted octanol–water partition coefficient (Wildman–Crippen LogP) is 3.21. The van der Waals surface area contributed by atoms with Crippen LogP contribution in [0.2, 0.25) is 0 Å². The molecule has 1 aromatic rings. The van der Waals surface area contributed by atoms with Gasteiger partial charge in [0.1, 0.15) is 0 Å². The van der Waals surface area contributed by atoms with E-state index in [0.29, 0.717) is 0 Å². The Bertz CT molecular complexity index is 388. The first-order valence-electron chi connectivity index (χ1n) is 6.64. The maximum atomic E-state index is 10.8. The van der Waals surface area contributed by atoms with E-state index in [1.807, 2.05) is 0 Å². The van der Waals surface area contributed by atoms with Crippen LogP contribution >= 0.6 is 0 Å². The van der Waals surface area contributed by atoms with E-state index in [9.17, 15) is 5.11 Å². The first-order chi connectivity index (χ1) is 8.08. The van der Waals surface area contributed by atoms with Gasteiger partial charge in [0.2, 0.25) is 0 Å². The molecule has 1 aromatic carbocycles. The summed E-state index contributed by atoms with van der Waals surface area (Å²) in [5.41, 5.74) is 1.95. The number of fused-ring (bicyclic) bond motifs is 1. The van der Waals surface area contributed by atoms with Gasteiger partial charge in [-0.05, 0) is 36.8 Å². The second-order valence-corrected chi connectivity index (χ2v) is 5.39. The summed E-state index contributed by atoms with van der Waals surface area (Å²) in [4.78, 5) is 0. The van der Waals surface area contributed by atoms with Gasteiger partial charge in [-0.1, -0.05) is 39.0 Å². The number of nitrogens with one attached hydrogen (secondary N) is 1. The number of aliphatic hydroxyl groups is 1. The molecule has 0 radical (unpaired) electrons. The minimum Gasteiger partial charge on any atom is -0.387 e. The van der Waals surface area contributed by atoms with Gasteiger partial charge < -0.3 is 10.4 Å². The molecule has 0 spiro atoms. The standard InChI is InChI=1S/C15H23NO/c1-4-15(17,11(2)3)14-10-9-12-7-5-6-8-13(12)16-14/h5-8,11,14,16-17H,4,9-10H2,1-3H3. The topological polar surface area (TPSA) is 32.3 Å². The van der Waals surface area contributed by atoms with Crippen molar-refractivity contribution in [1.82, 2.24) is 0 Å². The average Bonchev–Trinajstić information content (AvgIpc) is 2.37. The Morgan fingerprint density at radius 3 is 2.76 bits per heavy atom. The lowest BCUT2D eigenvalue weighted by molar-refractivity contribution is -0.0289. The summed E-state index contributed by atoms with van der Waals surface area (Å²) in [6, 6.07) is 8.57. The number of hydrogen-bond donors (Lipinski definition) is 2. The molecule has 0 saturated carbocycles. The zero-order valence-corrected chi connectivity index (χ0v) is 11.0. The van der Waals surface area contributed by atoms with E-state index >= 15 is 0 Å². The molecule has 2 N–H and O–H groups in total. The largest absolute Gasteiger partial charge is 0.387 e. The van der Waals surface area contributed by atoms with Crippen LogP contribution in [-0.4, -0.2) is 16.7 Å². The smallest absolute Gasteiger partial charge is 0.0867 e. The van der Waals surface area contributed by atoms with Crippen molar-refractivity contribution in [1.29, 1.82) is 0 Å². The minimum absolute atomic E-state index is 0.169. The number of aryl methyl sites for hydroxylation is 1. The summed E-state index contributed by atoms with van der Waals surface area (Å²) in [7, 11) is 0. The number of benzene rings is 1. The van der Waals surface area contributed by atoms with Crippen LogP contribution in [0.1, 0.15) is 39.2 Å². The summed E-state index contributed by atoms with van der Waals surface area (Å²) >= 11 is 0. The molecular formula is C15H23NO. The highest BCUT2D eigenvalue weighted by Crippen LogP contribution is 2.34. The third-order valence-corrected chi connectivity index (χ3v) is 4.22. The molecule has 0 bridgehead atoms. The van der Waals surface area contributed by atoms with E-state index in [2.05, 4.69) is 50.4 Å². The molecule has 1 heterocycles. The van der Waals surface area contributed by atoms with Crippen LogP contribution < -0.4 is 5.32 Å². The van der Waals surface area contributed by atoms with Crippen molar-refractivity contribution in [3.05, 3.63) is 29.8 Å².